The highest BCUT2D eigenvalue weighted by Crippen LogP contribution is 2.03. The standard InChI is InChI=1S/C12H16.C2H2/c1-2-3-4-6-9-12-10-7-5-8-11-12;1-2/h5-11H,2-4H2,1H3;1-2H. The van der Waals surface area contributed by atoms with E-state index in [4.69, 9.17) is 0 Å². The van der Waals surface area contributed by atoms with Crippen molar-refractivity contribution >= 4 is 6.08 Å². The van der Waals surface area contributed by atoms with Gasteiger partial charge in [0.2, 0.25) is 0 Å². The van der Waals surface area contributed by atoms with Gasteiger partial charge >= 0.3 is 0 Å². The first kappa shape index (κ1) is 12.5. The second-order valence-electron chi connectivity index (χ2n) is 2.96. The molecular formula is C14H18. The molecule has 74 valence electrons. The number of hydrogen-bond acceptors (Lipinski definition) is 0. The van der Waals surface area contributed by atoms with Gasteiger partial charge in [0.25, 0.3) is 0 Å². The predicted octanol–water partition coefficient (Wildman–Crippen LogP) is 4.14. The van der Waals surface area contributed by atoms with Crippen LogP contribution in [0.2, 0.25) is 0 Å². The van der Waals surface area contributed by atoms with Crippen LogP contribution in [0.3, 0.4) is 0 Å². The Balaban J connectivity index is 0.000000791. The predicted molar refractivity (Wildman–Crippen MR) is 64.9 cm³/mol. The second-order valence-corrected chi connectivity index (χ2v) is 2.96. The normalized spacial score (nSPS) is 9.36. The zero-order chi connectivity index (χ0) is 10.6. The van der Waals surface area contributed by atoms with Gasteiger partial charge in [0.05, 0.1) is 0 Å². The first-order valence-electron chi connectivity index (χ1n) is 4.98. The van der Waals surface area contributed by atoms with E-state index in [-0.39, 0.29) is 0 Å². The van der Waals surface area contributed by atoms with Crippen molar-refractivity contribution < 1.29 is 0 Å². The number of allylic oxidation sites excluding steroid dienone is 1. The van der Waals surface area contributed by atoms with Gasteiger partial charge in [0, 0.05) is 0 Å². The minimum Gasteiger partial charge on any atom is -0.124 e. The average molecular weight is 186 g/mol. The number of unbranched alkanes of at least 4 members (excludes halogenated alkanes) is 2. The van der Waals surface area contributed by atoms with Crippen LogP contribution in [-0.4, -0.2) is 0 Å². The number of hydrogen-bond donors (Lipinski definition) is 0. The van der Waals surface area contributed by atoms with Gasteiger partial charge in [0.1, 0.15) is 0 Å². The Morgan fingerprint density at radius 2 is 1.79 bits per heavy atom. The van der Waals surface area contributed by atoms with Crippen LogP contribution in [0.15, 0.2) is 36.4 Å². The highest BCUT2D eigenvalue weighted by Gasteiger charge is 1.81. The SMILES string of the molecule is C#C.CCCCC=Cc1ccccc1. The molecule has 0 heteroatoms. The van der Waals surface area contributed by atoms with Crippen LogP contribution in [0.1, 0.15) is 31.7 Å². The third kappa shape index (κ3) is 6.08. The van der Waals surface area contributed by atoms with Crippen molar-refractivity contribution in [3.05, 3.63) is 42.0 Å². The Morgan fingerprint density at radius 1 is 1.14 bits per heavy atom. The molecule has 1 aromatic carbocycles. The van der Waals surface area contributed by atoms with Gasteiger partial charge in [-0.25, -0.2) is 0 Å². The van der Waals surface area contributed by atoms with E-state index in [0.29, 0.717) is 0 Å². The molecule has 0 saturated heterocycles. The minimum absolute atomic E-state index is 1.20. The summed E-state index contributed by atoms with van der Waals surface area (Å²) in [4.78, 5) is 0. The molecule has 14 heavy (non-hydrogen) atoms. The van der Waals surface area contributed by atoms with Crippen molar-refractivity contribution in [2.75, 3.05) is 0 Å². The van der Waals surface area contributed by atoms with Crippen LogP contribution >= 0.6 is 0 Å². The maximum absolute atomic E-state index is 4.00. The molecule has 0 aliphatic carbocycles. The monoisotopic (exact) mass is 186 g/mol. The fraction of sp³-hybridized carbons (Fsp3) is 0.286. The Hall–Kier alpha value is -1.48. The molecule has 0 N–H and O–H groups in total. The summed E-state index contributed by atoms with van der Waals surface area (Å²) in [5.41, 5.74) is 1.30. The first-order valence-corrected chi connectivity index (χ1v) is 4.98. The molecule has 0 aromatic heterocycles. The summed E-state index contributed by atoms with van der Waals surface area (Å²) in [6.45, 7) is 2.22. The average Bonchev–Trinajstić information content (AvgIpc) is 2.29. The third-order valence-corrected chi connectivity index (χ3v) is 1.83. The van der Waals surface area contributed by atoms with Crippen molar-refractivity contribution in [1.82, 2.24) is 0 Å². The molecule has 0 aliphatic rings. The van der Waals surface area contributed by atoms with Crippen molar-refractivity contribution in [1.29, 1.82) is 0 Å². The van der Waals surface area contributed by atoms with E-state index in [0.717, 1.165) is 0 Å². The van der Waals surface area contributed by atoms with Crippen LogP contribution in [0.4, 0.5) is 0 Å². The van der Waals surface area contributed by atoms with Gasteiger partial charge in [-0.1, -0.05) is 62.2 Å². The summed E-state index contributed by atoms with van der Waals surface area (Å²) < 4.78 is 0. The van der Waals surface area contributed by atoms with Gasteiger partial charge in [-0.2, -0.15) is 0 Å². The van der Waals surface area contributed by atoms with Crippen molar-refractivity contribution in [2.45, 2.75) is 26.2 Å². The topological polar surface area (TPSA) is 0 Å². The van der Waals surface area contributed by atoms with E-state index < -0.39 is 0 Å². The molecule has 0 nitrogen and oxygen atoms in total. The second kappa shape index (κ2) is 9.61. The lowest BCUT2D eigenvalue weighted by atomic mass is 10.2. The largest absolute Gasteiger partial charge is 0.124 e. The van der Waals surface area contributed by atoms with Crippen LogP contribution in [0, 0.1) is 12.8 Å². The van der Waals surface area contributed by atoms with Crippen molar-refractivity contribution in [3.63, 3.8) is 0 Å². The molecule has 0 radical (unpaired) electrons. The fourth-order valence-corrected chi connectivity index (χ4v) is 1.11. The highest BCUT2D eigenvalue weighted by atomic mass is 13.9. The molecule has 1 rings (SSSR count). The quantitative estimate of drug-likeness (QED) is 0.489. The van der Waals surface area contributed by atoms with E-state index >= 15 is 0 Å². The Kier molecular flexibility index (Phi) is 8.59. The van der Waals surface area contributed by atoms with Crippen LogP contribution in [-0.2, 0) is 0 Å². The molecule has 0 bridgehead atoms. The number of rotatable bonds is 4. The number of terminal acetylenes is 1. The summed E-state index contributed by atoms with van der Waals surface area (Å²) in [5.74, 6) is 0. The smallest absolute Gasteiger partial charge is 0.0260 e. The van der Waals surface area contributed by atoms with Gasteiger partial charge in [0.15, 0.2) is 0 Å². The van der Waals surface area contributed by atoms with E-state index in [9.17, 15) is 0 Å². The van der Waals surface area contributed by atoms with Crippen molar-refractivity contribution in [2.24, 2.45) is 0 Å². The lowest BCUT2D eigenvalue weighted by Crippen LogP contribution is -1.69. The molecule has 0 aliphatic heterocycles. The molecule has 0 saturated carbocycles. The van der Waals surface area contributed by atoms with Crippen molar-refractivity contribution in [3.8, 4) is 12.8 Å². The zero-order valence-corrected chi connectivity index (χ0v) is 8.82. The summed E-state index contributed by atoms with van der Waals surface area (Å²) in [5, 5.41) is 0. The van der Waals surface area contributed by atoms with Gasteiger partial charge in [-0.3, -0.25) is 0 Å². The first-order chi connectivity index (χ1) is 6.93. The lowest BCUT2D eigenvalue weighted by molar-refractivity contribution is 0.816. The summed E-state index contributed by atoms with van der Waals surface area (Å²) in [6.07, 6.45) is 16.2. The fourth-order valence-electron chi connectivity index (χ4n) is 1.11. The molecule has 0 fully saturated rings. The van der Waals surface area contributed by atoms with Crippen LogP contribution in [0.5, 0.6) is 0 Å². The molecule has 0 atom stereocenters. The summed E-state index contributed by atoms with van der Waals surface area (Å²) in [6, 6.07) is 10.4. The zero-order valence-electron chi connectivity index (χ0n) is 8.82. The Morgan fingerprint density at radius 3 is 2.36 bits per heavy atom. The molecule has 0 unspecified atom stereocenters. The molecular weight excluding hydrogens is 168 g/mol. The minimum atomic E-state index is 1.20. The van der Waals surface area contributed by atoms with E-state index in [1.807, 2.05) is 6.07 Å². The third-order valence-electron chi connectivity index (χ3n) is 1.83. The van der Waals surface area contributed by atoms with Crippen LogP contribution < -0.4 is 0 Å². The lowest BCUT2D eigenvalue weighted by Gasteiger charge is -1.91. The molecule has 0 amide bonds. The molecule has 0 heterocycles. The van der Waals surface area contributed by atoms with Gasteiger partial charge in [-0.15, -0.1) is 12.8 Å². The van der Waals surface area contributed by atoms with Gasteiger partial charge < -0.3 is 0 Å². The van der Waals surface area contributed by atoms with E-state index in [1.54, 1.807) is 0 Å². The number of benzene rings is 1. The Bertz CT molecular complexity index is 254. The van der Waals surface area contributed by atoms with E-state index in [2.05, 4.69) is 56.2 Å². The highest BCUT2D eigenvalue weighted by molar-refractivity contribution is 5.48. The molecule has 0 spiro atoms. The van der Waals surface area contributed by atoms with Gasteiger partial charge in [-0.05, 0) is 12.0 Å². The maximum atomic E-state index is 4.00. The summed E-state index contributed by atoms with van der Waals surface area (Å²) in [7, 11) is 0. The Labute approximate surface area is 87.7 Å². The summed E-state index contributed by atoms with van der Waals surface area (Å²) >= 11 is 0. The van der Waals surface area contributed by atoms with Crippen LogP contribution in [0.25, 0.3) is 6.08 Å². The maximum Gasteiger partial charge on any atom is -0.0260 e. The van der Waals surface area contributed by atoms with E-state index in [1.165, 1.54) is 24.8 Å². The molecule has 1 aromatic rings.